The summed E-state index contributed by atoms with van der Waals surface area (Å²) in [5, 5.41) is 4.47. The number of rotatable bonds is 4. The van der Waals surface area contributed by atoms with Gasteiger partial charge in [0.05, 0.1) is 25.4 Å². The molecular formula is C19H18F2N4O2. The van der Waals surface area contributed by atoms with Crippen LogP contribution in [0.25, 0.3) is 5.65 Å². The Morgan fingerprint density at radius 2 is 2.19 bits per heavy atom. The van der Waals surface area contributed by atoms with Gasteiger partial charge in [0.25, 0.3) is 0 Å². The molecule has 0 amide bonds. The Bertz CT molecular complexity index is 991. The normalized spacial score (nSPS) is 19.6. The zero-order valence-electron chi connectivity index (χ0n) is 14.7. The van der Waals surface area contributed by atoms with E-state index < -0.39 is 12.1 Å². The smallest absolute Gasteiger partial charge is 0.358 e. The van der Waals surface area contributed by atoms with Gasteiger partial charge in [-0.1, -0.05) is 12.1 Å². The number of alkyl halides is 1. The number of hydrogen-bond donors (Lipinski definition) is 0. The third-order valence-corrected chi connectivity index (χ3v) is 4.61. The first-order chi connectivity index (χ1) is 13.1. The molecule has 0 radical (unpaired) electrons. The molecule has 3 aromatic rings. The highest BCUT2D eigenvalue weighted by Crippen LogP contribution is 2.36. The van der Waals surface area contributed by atoms with Crippen molar-refractivity contribution in [2.24, 2.45) is 0 Å². The molecule has 140 valence electrons. The molecule has 1 aliphatic heterocycles. The number of anilines is 1. The Kier molecular flexibility index (Phi) is 4.47. The molecule has 1 saturated heterocycles. The fourth-order valence-electron chi connectivity index (χ4n) is 3.43. The van der Waals surface area contributed by atoms with E-state index >= 15 is 0 Å². The number of aromatic nitrogens is 3. The Hall–Kier alpha value is -3.03. The van der Waals surface area contributed by atoms with Gasteiger partial charge in [0.2, 0.25) is 0 Å². The number of imidazole rings is 1. The summed E-state index contributed by atoms with van der Waals surface area (Å²) in [7, 11) is 0. The molecule has 4 rings (SSSR count). The molecule has 2 aromatic heterocycles. The van der Waals surface area contributed by atoms with E-state index in [4.69, 9.17) is 4.74 Å². The first-order valence-electron chi connectivity index (χ1n) is 8.75. The number of halogens is 2. The second kappa shape index (κ2) is 6.94. The monoisotopic (exact) mass is 372 g/mol. The van der Waals surface area contributed by atoms with Crippen molar-refractivity contribution in [2.45, 2.75) is 25.6 Å². The Labute approximate surface area is 154 Å². The number of nitrogens with zero attached hydrogens (tertiary/aromatic N) is 4. The number of ether oxygens (including phenoxy) is 1. The summed E-state index contributed by atoms with van der Waals surface area (Å²) in [4.78, 5) is 18.0. The van der Waals surface area contributed by atoms with Crippen LogP contribution in [0, 0.1) is 5.82 Å². The summed E-state index contributed by atoms with van der Waals surface area (Å²) in [5.41, 5.74) is 1.38. The van der Waals surface area contributed by atoms with Gasteiger partial charge in [0.1, 0.15) is 17.8 Å². The number of esters is 1. The van der Waals surface area contributed by atoms with Crippen LogP contribution in [0.1, 0.15) is 35.4 Å². The van der Waals surface area contributed by atoms with Gasteiger partial charge in [-0.25, -0.2) is 23.1 Å². The summed E-state index contributed by atoms with van der Waals surface area (Å²) in [5.74, 6) is -0.404. The van der Waals surface area contributed by atoms with Gasteiger partial charge in [-0.05, 0) is 36.8 Å². The number of carbonyl (C=O) groups excluding carboxylic acids is 1. The van der Waals surface area contributed by atoms with Crippen LogP contribution >= 0.6 is 0 Å². The quantitative estimate of drug-likeness (QED) is 0.658. The fraction of sp³-hybridized carbons (Fsp3) is 0.316. The first kappa shape index (κ1) is 17.4. The second-order valence-electron chi connectivity index (χ2n) is 6.38. The third-order valence-electron chi connectivity index (χ3n) is 4.61. The van der Waals surface area contributed by atoms with Gasteiger partial charge < -0.3 is 9.64 Å². The van der Waals surface area contributed by atoms with E-state index in [2.05, 4.69) is 10.1 Å². The maximum absolute atomic E-state index is 14.2. The molecule has 0 bridgehead atoms. The minimum absolute atomic E-state index is 0.142. The molecule has 0 N–H and O–H groups in total. The van der Waals surface area contributed by atoms with Gasteiger partial charge in [0, 0.05) is 6.42 Å². The first-order valence-corrected chi connectivity index (χ1v) is 8.75. The molecule has 0 spiro atoms. The van der Waals surface area contributed by atoms with Crippen LogP contribution < -0.4 is 4.90 Å². The van der Waals surface area contributed by atoms with Crippen molar-refractivity contribution in [1.29, 1.82) is 0 Å². The van der Waals surface area contributed by atoms with E-state index in [0.717, 1.165) is 0 Å². The number of benzene rings is 1. The molecule has 1 aliphatic rings. The van der Waals surface area contributed by atoms with Crippen molar-refractivity contribution in [1.82, 2.24) is 14.6 Å². The van der Waals surface area contributed by atoms with Crippen molar-refractivity contribution in [2.75, 3.05) is 18.1 Å². The van der Waals surface area contributed by atoms with Crippen LogP contribution in [-0.4, -0.2) is 39.9 Å². The van der Waals surface area contributed by atoms with Gasteiger partial charge >= 0.3 is 5.97 Å². The molecule has 0 saturated carbocycles. The topological polar surface area (TPSA) is 59.7 Å². The lowest BCUT2D eigenvalue weighted by Crippen LogP contribution is -2.25. The van der Waals surface area contributed by atoms with E-state index in [1.807, 2.05) is 0 Å². The highest BCUT2D eigenvalue weighted by Gasteiger charge is 2.34. The van der Waals surface area contributed by atoms with E-state index in [1.165, 1.54) is 22.8 Å². The average molecular weight is 372 g/mol. The molecule has 1 unspecified atom stereocenters. The van der Waals surface area contributed by atoms with Crippen LogP contribution in [-0.2, 0) is 4.74 Å². The van der Waals surface area contributed by atoms with Crippen molar-refractivity contribution in [3.8, 4) is 0 Å². The molecule has 2 atom stereocenters. The second-order valence-corrected chi connectivity index (χ2v) is 6.38. The van der Waals surface area contributed by atoms with Gasteiger partial charge in [-0.2, -0.15) is 0 Å². The van der Waals surface area contributed by atoms with Crippen LogP contribution in [0.4, 0.5) is 14.6 Å². The minimum atomic E-state index is -1.05. The third kappa shape index (κ3) is 3.22. The zero-order chi connectivity index (χ0) is 19.0. The van der Waals surface area contributed by atoms with Crippen LogP contribution in [0.15, 0.2) is 42.6 Å². The van der Waals surface area contributed by atoms with E-state index in [1.54, 1.807) is 36.1 Å². The molecule has 3 heterocycles. The molecule has 1 fully saturated rings. The van der Waals surface area contributed by atoms with Crippen LogP contribution in [0.3, 0.4) is 0 Å². The van der Waals surface area contributed by atoms with E-state index in [0.29, 0.717) is 17.0 Å². The Morgan fingerprint density at radius 1 is 1.33 bits per heavy atom. The van der Waals surface area contributed by atoms with E-state index in [-0.39, 0.29) is 37.1 Å². The van der Waals surface area contributed by atoms with E-state index in [9.17, 15) is 13.6 Å². The van der Waals surface area contributed by atoms with Crippen molar-refractivity contribution in [3.63, 3.8) is 0 Å². The summed E-state index contributed by atoms with van der Waals surface area (Å²) in [6.07, 6.45) is 0.594. The highest BCUT2D eigenvalue weighted by molar-refractivity contribution is 5.88. The fourth-order valence-corrected chi connectivity index (χ4v) is 3.43. The zero-order valence-corrected chi connectivity index (χ0v) is 14.7. The number of fused-ring (bicyclic) bond motifs is 1. The molecular weight excluding hydrogens is 354 g/mol. The molecule has 1 aromatic carbocycles. The Morgan fingerprint density at radius 3 is 2.96 bits per heavy atom. The molecule has 0 aliphatic carbocycles. The maximum Gasteiger partial charge on any atom is 0.358 e. The lowest BCUT2D eigenvalue weighted by molar-refractivity contribution is 0.0516. The molecule has 6 nitrogen and oxygen atoms in total. The average Bonchev–Trinajstić information content (AvgIpc) is 3.25. The van der Waals surface area contributed by atoms with Crippen LogP contribution in [0.5, 0.6) is 0 Å². The van der Waals surface area contributed by atoms with Crippen molar-refractivity contribution in [3.05, 3.63) is 59.7 Å². The van der Waals surface area contributed by atoms with Crippen molar-refractivity contribution < 1.29 is 18.3 Å². The standard InChI is InChI=1S/C19H18F2N4O2/c1-2-27-19(26)16-10-22-17-6-7-18(23-25(16)17)24-11-14(21)9-15(24)12-4-3-5-13(20)8-12/h3-8,10,14-15H,2,9,11H2,1H3/t14-,15?/m0/s1. The summed E-state index contributed by atoms with van der Waals surface area (Å²) in [6, 6.07) is 9.25. The predicted octanol–water partition coefficient (Wildman–Crippen LogP) is 3.33. The largest absolute Gasteiger partial charge is 0.461 e. The SMILES string of the molecule is CCOC(=O)c1cnc2ccc(N3C[C@@H](F)CC3c3cccc(F)c3)nn12. The van der Waals surface area contributed by atoms with Gasteiger partial charge in [-0.3, -0.25) is 0 Å². The van der Waals surface area contributed by atoms with Gasteiger partial charge in [-0.15, -0.1) is 5.10 Å². The maximum atomic E-state index is 14.2. The van der Waals surface area contributed by atoms with Crippen molar-refractivity contribution >= 4 is 17.4 Å². The molecule has 27 heavy (non-hydrogen) atoms. The summed E-state index contributed by atoms with van der Waals surface area (Å²) >= 11 is 0. The minimum Gasteiger partial charge on any atom is -0.461 e. The van der Waals surface area contributed by atoms with Gasteiger partial charge in [0.15, 0.2) is 11.3 Å². The number of carbonyl (C=O) groups is 1. The predicted molar refractivity (Wildman–Crippen MR) is 94.9 cm³/mol. The molecule has 8 heteroatoms. The van der Waals surface area contributed by atoms with Crippen LogP contribution in [0.2, 0.25) is 0 Å². The summed E-state index contributed by atoms with van der Waals surface area (Å²) < 4.78 is 34.3. The number of hydrogen-bond acceptors (Lipinski definition) is 5. The lowest BCUT2D eigenvalue weighted by Gasteiger charge is -2.25. The summed E-state index contributed by atoms with van der Waals surface area (Å²) in [6.45, 7) is 2.10. The lowest BCUT2D eigenvalue weighted by atomic mass is 10.0. The highest BCUT2D eigenvalue weighted by atomic mass is 19.1. The Balaban J connectivity index is 1.73.